The van der Waals surface area contributed by atoms with Gasteiger partial charge in [0.25, 0.3) is 5.56 Å². The summed E-state index contributed by atoms with van der Waals surface area (Å²) < 4.78 is 1.55. The van der Waals surface area contributed by atoms with Crippen LogP contribution in [0.5, 0.6) is 0 Å². The Morgan fingerprint density at radius 3 is 2.66 bits per heavy atom. The Hall–Kier alpha value is -2.71. The first-order valence-electron chi connectivity index (χ1n) is 11.2. The van der Waals surface area contributed by atoms with E-state index in [1.807, 2.05) is 13.8 Å². The number of amides is 1. The van der Waals surface area contributed by atoms with E-state index in [0.29, 0.717) is 18.5 Å². The van der Waals surface area contributed by atoms with Gasteiger partial charge in [0.1, 0.15) is 4.83 Å². The summed E-state index contributed by atoms with van der Waals surface area (Å²) in [6, 6.07) is 8.63. The molecule has 32 heavy (non-hydrogen) atoms. The molecule has 2 aromatic heterocycles. The minimum absolute atomic E-state index is 0.0337. The number of rotatable bonds is 7. The summed E-state index contributed by atoms with van der Waals surface area (Å²) >= 11 is 1.54. The van der Waals surface area contributed by atoms with E-state index in [1.54, 1.807) is 10.9 Å². The molecule has 4 rings (SSSR count). The van der Waals surface area contributed by atoms with Crippen LogP contribution >= 0.6 is 11.3 Å². The van der Waals surface area contributed by atoms with Gasteiger partial charge in [-0.3, -0.25) is 19.1 Å². The number of hydrogen-bond acceptors (Lipinski definition) is 6. The van der Waals surface area contributed by atoms with Crippen molar-refractivity contribution in [1.29, 1.82) is 0 Å². The predicted molar refractivity (Wildman–Crippen MR) is 131 cm³/mol. The van der Waals surface area contributed by atoms with Gasteiger partial charge in [-0.1, -0.05) is 12.1 Å². The first-order valence-corrected chi connectivity index (χ1v) is 12.0. The van der Waals surface area contributed by atoms with E-state index in [9.17, 15) is 9.59 Å². The van der Waals surface area contributed by atoms with Crippen LogP contribution in [0.15, 0.2) is 35.4 Å². The molecule has 170 valence electrons. The molecule has 1 aromatic carbocycles. The van der Waals surface area contributed by atoms with E-state index in [0.717, 1.165) is 48.0 Å². The summed E-state index contributed by atoms with van der Waals surface area (Å²) in [6.07, 6.45) is 1.83. The second kappa shape index (κ2) is 9.83. The summed E-state index contributed by atoms with van der Waals surface area (Å²) in [4.78, 5) is 36.1. The van der Waals surface area contributed by atoms with Crippen LogP contribution in [-0.2, 0) is 11.3 Å². The number of carbonyl (C=O) groups excluding carboxylic acids is 1. The Morgan fingerprint density at radius 1 is 1.12 bits per heavy atom. The molecule has 0 unspecified atom stereocenters. The summed E-state index contributed by atoms with van der Waals surface area (Å²) in [5, 5.41) is 3.68. The van der Waals surface area contributed by atoms with Crippen LogP contribution in [0.1, 0.15) is 22.4 Å². The quantitative estimate of drug-likeness (QED) is 0.596. The molecular formula is C24H31N5O2S. The van der Waals surface area contributed by atoms with Crippen LogP contribution in [-0.4, -0.2) is 59.6 Å². The lowest BCUT2D eigenvalue weighted by Gasteiger charge is -2.36. The smallest absolute Gasteiger partial charge is 0.262 e. The summed E-state index contributed by atoms with van der Waals surface area (Å²) in [5.74, 6) is -0.0337. The number of hydrogen-bond donors (Lipinski definition) is 1. The first-order chi connectivity index (χ1) is 15.4. The fraction of sp³-hybridized carbons (Fsp3) is 0.458. The third kappa shape index (κ3) is 5.02. The highest BCUT2D eigenvalue weighted by molar-refractivity contribution is 7.18. The molecule has 1 fully saturated rings. The summed E-state index contributed by atoms with van der Waals surface area (Å²) in [6.45, 7) is 11.9. The lowest BCUT2D eigenvalue weighted by Crippen LogP contribution is -2.48. The van der Waals surface area contributed by atoms with E-state index < -0.39 is 0 Å². The third-order valence-electron chi connectivity index (χ3n) is 6.22. The largest absolute Gasteiger partial charge is 0.369 e. The molecule has 1 amide bonds. The second-order valence-electron chi connectivity index (χ2n) is 8.47. The Kier molecular flexibility index (Phi) is 6.91. The highest BCUT2D eigenvalue weighted by Crippen LogP contribution is 2.25. The molecule has 3 aromatic rings. The zero-order valence-electron chi connectivity index (χ0n) is 19.1. The molecule has 1 N–H and O–H groups in total. The SMILES string of the molecule is Cc1cccc(N2CCN(CCNC(=O)CCn3cnc4sc(C)c(C)c4c3=O)CC2)c1. The van der Waals surface area contributed by atoms with Crippen molar-refractivity contribution in [3.8, 4) is 0 Å². The van der Waals surface area contributed by atoms with Crippen molar-refractivity contribution in [3.63, 3.8) is 0 Å². The van der Waals surface area contributed by atoms with Gasteiger partial charge in [0, 0.05) is 62.8 Å². The average molecular weight is 454 g/mol. The Morgan fingerprint density at radius 2 is 1.91 bits per heavy atom. The van der Waals surface area contributed by atoms with E-state index in [-0.39, 0.29) is 17.9 Å². The number of aryl methyl sites for hydroxylation is 4. The number of piperazine rings is 1. The van der Waals surface area contributed by atoms with E-state index >= 15 is 0 Å². The zero-order chi connectivity index (χ0) is 22.7. The molecule has 0 bridgehead atoms. The average Bonchev–Trinajstić information content (AvgIpc) is 3.08. The van der Waals surface area contributed by atoms with Crippen molar-refractivity contribution in [2.45, 2.75) is 33.7 Å². The standard InChI is InChI=1S/C24H31N5O2S/c1-17-5-4-6-20(15-17)28-13-11-27(12-14-28)10-8-25-21(30)7-9-29-16-26-23-22(24(29)31)18(2)19(3)32-23/h4-6,15-16H,7-14H2,1-3H3,(H,25,30). The molecule has 0 spiro atoms. The lowest BCUT2D eigenvalue weighted by atomic mass is 10.2. The summed E-state index contributed by atoms with van der Waals surface area (Å²) in [7, 11) is 0. The molecule has 0 radical (unpaired) electrons. The Bertz CT molecular complexity index is 1160. The van der Waals surface area contributed by atoms with Gasteiger partial charge in [0.2, 0.25) is 5.91 Å². The normalized spacial score (nSPS) is 14.8. The van der Waals surface area contributed by atoms with Gasteiger partial charge < -0.3 is 10.2 Å². The third-order valence-corrected chi connectivity index (χ3v) is 7.34. The topological polar surface area (TPSA) is 70.5 Å². The minimum Gasteiger partial charge on any atom is -0.369 e. The fourth-order valence-corrected chi connectivity index (χ4v) is 5.13. The van der Waals surface area contributed by atoms with Crippen LogP contribution in [0.3, 0.4) is 0 Å². The van der Waals surface area contributed by atoms with Crippen molar-refractivity contribution >= 4 is 33.1 Å². The molecule has 7 nitrogen and oxygen atoms in total. The first kappa shape index (κ1) is 22.5. The van der Waals surface area contributed by atoms with Crippen LogP contribution in [0.4, 0.5) is 5.69 Å². The van der Waals surface area contributed by atoms with E-state index in [2.05, 4.69) is 51.3 Å². The van der Waals surface area contributed by atoms with Crippen molar-refractivity contribution in [2.75, 3.05) is 44.2 Å². The van der Waals surface area contributed by atoms with Crippen LogP contribution in [0.2, 0.25) is 0 Å². The number of nitrogens with one attached hydrogen (secondary N) is 1. The number of carbonyl (C=O) groups is 1. The van der Waals surface area contributed by atoms with Gasteiger partial charge in [-0.15, -0.1) is 11.3 Å². The van der Waals surface area contributed by atoms with Gasteiger partial charge >= 0.3 is 0 Å². The highest BCUT2D eigenvalue weighted by atomic mass is 32.1. The Labute approximate surface area is 192 Å². The molecule has 3 heterocycles. The predicted octanol–water partition coefficient (Wildman–Crippen LogP) is 2.71. The van der Waals surface area contributed by atoms with Gasteiger partial charge in [0.05, 0.1) is 11.7 Å². The fourth-order valence-electron chi connectivity index (χ4n) is 4.15. The zero-order valence-corrected chi connectivity index (χ0v) is 19.9. The molecule has 0 saturated carbocycles. The monoisotopic (exact) mass is 453 g/mol. The molecule has 8 heteroatoms. The number of thiophene rings is 1. The van der Waals surface area contributed by atoms with Gasteiger partial charge in [-0.05, 0) is 44.0 Å². The van der Waals surface area contributed by atoms with E-state index in [4.69, 9.17) is 0 Å². The van der Waals surface area contributed by atoms with Crippen LogP contribution < -0.4 is 15.8 Å². The van der Waals surface area contributed by atoms with E-state index in [1.165, 1.54) is 22.6 Å². The Balaban J connectivity index is 1.20. The maximum Gasteiger partial charge on any atom is 0.262 e. The van der Waals surface area contributed by atoms with Crippen molar-refractivity contribution in [1.82, 2.24) is 19.8 Å². The molecule has 0 aliphatic carbocycles. The maximum atomic E-state index is 12.7. The molecule has 1 aliphatic heterocycles. The van der Waals surface area contributed by atoms with Gasteiger partial charge in [0.15, 0.2) is 0 Å². The number of nitrogens with zero attached hydrogens (tertiary/aromatic N) is 4. The summed E-state index contributed by atoms with van der Waals surface area (Å²) in [5.41, 5.74) is 3.50. The van der Waals surface area contributed by atoms with Gasteiger partial charge in [-0.2, -0.15) is 0 Å². The molecular weight excluding hydrogens is 422 g/mol. The van der Waals surface area contributed by atoms with Gasteiger partial charge in [-0.25, -0.2) is 4.98 Å². The number of anilines is 1. The molecule has 1 aliphatic rings. The molecule has 0 atom stereocenters. The van der Waals surface area contributed by atoms with Crippen LogP contribution in [0.25, 0.3) is 10.2 Å². The number of fused-ring (bicyclic) bond motifs is 1. The maximum absolute atomic E-state index is 12.7. The minimum atomic E-state index is -0.0591. The number of benzene rings is 1. The van der Waals surface area contributed by atoms with Crippen molar-refractivity contribution in [2.24, 2.45) is 0 Å². The van der Waals surface area contributed by atoms with Crippen molar-refractivity contribution in [3.05, 3.63) is 57.0 Å². The lowest BCUT2D eigenvalue weighted by molar-refractivity contribution is -0.121. The molecule has 1 saturated heterocycles. The van der Waals surface area contributed by atoms with Crippen molar-refractivity contribution < 1.29 is 4.79 Å². The van der Waals surface area contributed by atoms with Crippen LogP contribution in [0, 0.1) is 20.8 Å². The second-order valence-corrected chi connectivity index (χ2v) is 9.68. The number of aromatic nitrogens is 2. The highest BCUT2D eigenvalue weighted by Gasteiger charge is 2.17.